The number of amides is 2. The molecule has 0 fully saturated rings. The maximum Gasteiger partial charge on any atom is 0.289 e. The summed E-state index contributed by atoms with van der Waals surface area (Å²) in [5.74, 6) is -2.75. The Labute approximate surface area is 180 Å². The fourth-order valence-corrected chi connectivity index (χ4v) is 4.55. The molecule has 2 atom stereocenters. The fourth-order valence-electron chi connectivity index (χ4n) is 3.18. The maximum atomic E-state index is 13.0. The number of rotatable bonds is 6. The number of benzene rings is 1. The van der Waals surface area contributed by atoms with E-state index in [0.29, 0.717) is 5.69 Å². The van der Waals surface area contributed by atoms with Crippen LogP contribution >= 0.6 is 0 Å². The molecule has 3 rings (SSSR count). The molecule has 0 saturated heterocycles. The van der Waals surface area contributed by atoms with Crippen LogP contribution in [0.15, 0.2) is 53.6 Å². The van der Waals surface area contributed by atoms with Gasteiger partial charge >= 0.3 is 0 Å². The number of hydrogen-bond donors (Lipinski definition) is 3. The molecule has 1 aliphatic heterocycles. The molecule has 2 amide bonds. The molecule has 1 aromatic heterocycles. The number of aromatic nitrogens is 1. The van der Waals surface area contributed by atoms with Crippen LogP contribution in [0.2, 0.25) is 0 Å². The van der Waals surface area contributed by atoms with E-state index in [-0.39, 0.29) is 17.9 Å². The van der Waals surface area contributed by atoms with Gasteiger partial charge in [0.05, 0.1) is 4.90 Å². The normalized spacial score (nSPS) is 17.8. The highest BCUT2D eigenvalue weighted by Gasteiger charge is 2.34. The summed E-state index contributed by atoms with van der Waals surface area (Å²) in [6, 6.07) is 8.83. The van der Waals surface area contributed by atoms with Crippen molar-refractivity contribution in [3.8, 4) is 0 Å². The molecular formula is C21H24N4O5S. The van der Waals surface area contributed by atoms with Gasteiger partial charge in [-0.15, -0.1) is 0 Å². The number of sulfonamides is 1. The van der Waals surface area contributed by atoms with Gasteiger partial charge in [0.15, 0.2) is 0 Å². The third-order valence-corrected chi connectivity index (χ3v) is 6.35. The molecule has 2 bridgehead atoms. The predicted octanol–water partition coefficient (Wildman–Crippen LogP) is 0.311. The van der Waals surface area contributed by atoms with E-state index >= 15 is 0 Å². The third kappa shape index (κ3) is 5.53. The maximum absolute atomic E-state index is 13.0. The summed E-state index contributed by atoms with van der Waals surface area (Å²) in [6.45, 7) is 3.53. The van der Waals surface area contributed by atoms with E-state index in [1.807, 2.05) is 0 Å². The minimum absolute atomic E-state index is 0.0160. The van der Waals surface area contributed by atoms with Gasteiger partial charge in [-0.25, -0.2) is 8.42 Å². The second-order valence-corrected chi connectivity index (χ2v) is 9.34. The molecular weight excluding hydrogens is 420 g/mol. The minimum atomic E-state index is -3.96. The molecule has 0 radical (unpaired) electrons. The Balaban J connectivity index is 1.82. The summed E-state index contributed by atoms with van der Waals surface area (Å²) in [7, 11) is -3.96. The second-order valence-electron chi connectivity index (χ2n) is 7.62. The summed E-state index contributed by atoms with van der Waals surface area (Å²) in [5, 5.41) is 5.06. The van der Waals surface area contributed by atoms with E-state index in [4.69, 9.17) is 0 Å². The van der Waals surface area contributed by atoms with E-state index in [0.717, 1.165) is 5.56 Å². The zero-order valence-corrected chi connectivity index (χ0v) is 18.0. The van der Waals surface area contributed by atoms with E-state index in [2.05, 4.69) is 20.3 Å². The zero-order valence-electron chi connectivity index (χ0n) is 17.2. The van der Waals surface area contributed by atoms with Crippen LogP contribution in [0.5, 0.6) is 0 Å². The first-order valence-electron chi connectivity index (χ1n) is 9.81. The van der Waals surface area contributed by atoms with Gasteiger partial charge in [0.2, 0.25) is 21.7 Å². The third-order valence-electron chi connectivity index (χ3n) is 4.89. The molecule has 2 unspecified atom stereocenters. The molecule has 0 aliphatic carbocycles. The molecule has 0 saturated carbocycles. The van der Waals surface area contributed by atoms with Gasteiger partial charge < -0.3 is 10.6 Å². The van der Waals surface area contributed by atoms with Gasteiger partial charge in [-0.05, 0) is 35.7 Å². The molecule has 2 aromatic rings. The number of Topliss-reactive ketones (excluding diaryl/α,β-unsaturated/α-hetero) is 1. The number of carbonyl (C=O) groups is 3. The van der Waals surface area contributed by atoms with E-state index < -0.39 is 45.6 Å². The van der Waals surface area contributed by atoms with Crippen LogP contribution in [0.1, 0.15) is 25.1 Å². The smallest absolute Gasteiger partial charge is 0.289 e. The zero-order chi connectivity index (χ0) is 22.6. The van der Waals surface area contributed by atoms with Gasteiger partial charge in [-0.1, -0.05) is 32.0 Å². The minimum Gasteiger partial charge on any atom is -0.345 e. The first-order chi connectivity index (χ1) is 14.7. The Bertz CT molecular complexity index is 1090. The van der Waals surface area contributed by atoms with Crippen LogP contribution in [0, 0.1) is 5.92 Å². The average molecular weight is 445 g/mol. The van der Waals surface area contributed by atoms with Crippen molar-refractivity contribution in [2.24, 2.45) is 5.92 Å². The molecule has 31 heavy (non-hydrogen) atoms. The van der Waals surface area contributed by atoms with Crippen LogP contribution in [0.4, 0.5) is 0 Å². The number of fused-ring (bicyclic) bond motifs is 2. The monoisotopic (exact) mass is 444 g/mol. The van der Waals surface area contributed by atoms with Crippen LogP contribution < -0.4 is 15.4 Å². The first kappa shape index (κ1) is 22.6. The average Bonchev–Trinajstić information content (AvgIpc) is 2.78. The van der Waals surface area contributed by atoms with Gasteiger partial charge in [0, 0.05) is 24.9 Å². The molecule has 3 N–H and O–H groups in total. The summed E-state index contributed by atoms with van der Waals surface area (Å²) >= 11 is 0. The molecule has 164 valence electrons. The van der Waals surface area contributed by atoms with E-state index in [9.17, 15) is 22.8 Å². The van der Waals surface area contributed by atoms with E-state index in [1.165, 1.54) is 12.1 Å². The molecule has 9 nitrogen and oxygen atoms in total. The Hall–Kier alpha value is -3.11. The number of carbonyl (C=O) groups excluding carboxylic acids is 3. The van der Waals surface area contributed by atoms with Crippen LogP contribution in [-0.4, -0.2) is 43.1 Å². The van der Waals surface area contributed by atoms with Crippen molar-refractivity contribution in [2.45, 2.75) is 43.8 Å². The Morgan fingerprint density at radius 3 is 2.55 bits per heavy atom. The number of nitrogens with one attached hydrogen (secondary N) is 3. The number of pyridine rings is 1. The van der Waals surface area contributed by atoms with Gasteiger partial charge in [0.25, 0.3) is 5.91 Å². The quantitative estimate of drug-likeness (QED) is 0.549. The lowest BCUT2D eigenvalue weighted by atomic mass is 10.0. The number of nitrogens with zero attached hydrogens (tertiary/aromatic N) is 1. The van der Waals surface area contributed by atoms with E-state index in [1.54, 1.807) is 50.4 Å². The van der Waals surface area contributed by atoms with Gasteiger partial charge in [-0.2, -0.15) is 4.72 Å². The predicted molar refractivity (Wildman–Crippen MR) is 112 cm³/mol. The van der Waals surface area contributed by atoms with Crippen molar-refractivity contribution in [2.75, 3.05) is 0 Å². The molecule has 2 heterocycles. The lowest BCUT2D eigenvalue weighted by Crippen LogP contribution is -2.55. The van der Waals surface area contributed by atoms with Crippen LogP contribution in [0.25, 0.3) is 0 Å². The number of ketones is 1. The van der Waals surface area contributed by atoms with Crippen molar-refractivity contribution < 1.29 is 22.8 Å². The van der Waals surface area contributed by atoms with Crippen molar-refractivity contribution in [3.63, 3.8) is 0 Å². The Morgan fingerprint density at radius 1 is 1.16 bits per heavy atom. The topological polar surface area (TPSA) is 134 Å². The summed E-state index contributed by atoms with van der Waals surface area (Å²) in [4.78, 5) is 42.0. The highest BCUT2D eigenvalue weighted by atomic mass is 32.2. The van der Waals surface area contributed by atoms with Crippen molar-refractivity contribution in [1.29, 1.82) is 0 Å². The highest BCUT2D eigenvalue weighted by molar-refractivity contribution is 7.89. The second kappa shape index (κ2) is 9.36. The van der Waals surface area contributed by atoms with Crippen molar-refractivity contribution in [3.05, 3.63) is 59.9 Å². The highest BCUT2D eigenvalue weighted by Crippen LogP contribution is 2.13. The fraction of sp³-hybridized carbons (Fsp3) is 0.333. The summed E-state index contributed by atoms with van der Waals surface area (Å²) < 4.78 is 27.8. The molecule has 1 aliphatic rings. The summed E-state index contributed by atoms with van der Waals surface area (Å²) in [5.41, 5.74) is 1.33. The largest absolute Gasteiger partial charge is 0.345 e. The lowest BCUT2D eigenvalue weighted by Gasteiger charge is -2.24. The Kier molecular flexibility index (Phi) is 6.81. The lowest BCUT2D eigenvalue weighted by molar-refractivity contribution is -0.140. The first-order valence-corrected chi connectivity index (χ1v) is 11.3. The van der Waals surface area contributed by atoms with Crippen LogP contribution in [-0.2, 0) is 37.4 Å². The van der Waals surface area contributed by atoms with Crippen molar-refractivity contribution >= 4 is 27.6 Å². The van der Waals surface area contributed by atoms with Crippen molar-refractivity contribution in [1.82, 2.24) is 20.3 Å². The molecule has 10 heteroatoms. The number of hydrogen-bond acceptors (Lipinski definition) is 6. The molecule has 1 aromatic carbocycles. The molecule has 0 spiro atoms. The Morgan fingerprint density at radius 2 is 1.87 bits per heavy atom. The van der Waals surface area contributed by atoms with Gasteiger partial charge in [-0.3, -0.25) is 19.4 Å². The SMILES string of the molecule is CC(C)C(NS(=O)(=O)c1ccccc1)C(=O)NC1Cc2cc(ccn2)CNC(=O)C1=O. The standard InChI is InChI=1S/C21H24N4O5S/c1-13(2)18(25-31(29,30)16-6-4-3-5-7-16)20(27)24-17-11-15-10-14(8-9-22-15)12-23-21(28)19(17)26/h3-10,13,17-18,25H,11-12H2,1-2H3,(H,23,28)(H,24,27). The summed E-state index contributed by atoms with van der Waals surface area (Å²) in [6.07, 6.45) is 1.58. The van der Waals surface area contributed by atoms with Gasteiger partial charge in [0.1, 0.15) is 12.1 Å². The van der Waals surface area contributed by atoms with Crippen LogP contribution in [0.3, 0.4) is 0 Å².